The summed E-state index contributed by atoms with van der Waals surface area (Å²) in [5.74, 6) is -0.0590. The van der Waals surface area contributed by atoms with Crippen LogP contribution in [-0.4, -0.2) is 56.7 Å². The fourth-order valence-electron chi connectivity index (χ4n) is 1.77. The third kappa shape index (κ3) is 3.20. The Morgan fingerprint density at radius 2 is 1.89 bits per heavy atom. The second kappa shape index (κ2) is 5.23. The van der Waals surface area contributed by atoms with Gasteiger partial charge in [0.15, 0.2) is 0 Å². The molecule has 1 aromatic carbocycles. The summed E-state index contributed by atoms with van der Waals surface area (Å²) >= 11 is 0. The number of likely N-dealkylation sites (N-methyl/N-ethyl adjacent to an activating group) is 1. The summed E-state index contributed by atoms with van der Waals surface area (Å²) in [6.45, 7) is 2.94. The summed E-state index contributed by atoms with van der Waals surface area (Å²) in [4.78, 5) is 4.74. The number of phenols is 1. The quantitative estimate of drug-likeness (QED) is 0.799. The number of nitrogens with one attached hydrogen (secondary N) is 1. The van der Waals surface area contributed by atoms with Gasteiger partial charge >= 0.3 is 0 Å². The molecular weight excluding hydrogens is 254 g/mol. The lowest BCUT2D eigenvalue weighted by Gasteiger charge is -2.32. The Bertz CT molecular complexity index is 510. The van der Waals surface area contributed by atoms with E-state index in [0.29, 0.717) is 13.1 Å². The van der Waals surface area contributed by atoms with Crippen molar-refractivity contribution in [3.05, 3.63) is 24.3 Å². The topological polar surface area (TPSA) is 72.9 Å². The van der Waals surface area contributed by atoms with Gasteiger partial charge in [-0.3, -0.25) is 0 Å². The fourth-order valence-corrected chi connectivity index (χ4v) is 2.93. The first-order chi connectivity index (χ1) is 8.47. The van der Waals surface area contributed by atoms with E-state index in [-0.39, 0.29) is 10.6 Å². The van der Waals surface area contributed by atoms with Crippen molar-refractivity contribution in [1.82, 2.24) is 14.7 Å². The number of hydrogen-bond acceptors (Lipinski definition) is 5. The van der Waals surface area contributed by atoms with Gasteiger partial charge in [-0.05, 0) is 25.2 Å². The van der Waals surface area contributed by atoms with Crippen molar-refractivity contribution in [2.75, 3.05) is 33.2 Å². The SMILES string of the molecule is CN1CCN(NS(=O)(=O)c2cccc(O)c2)CC1. The molecule has 2 rings (SSSR count). The van der Waals surface area contributed by atoms with Gasteiger partial charge in [0.1, 0.15) is 5.75 Å². The van der Waals surface area contributed by atoms with Crippen LogP contribution in [0.1, 0.15) is 0 Å². The van der Waals surface area contributed by atoms with E-state index >= 15 is 0 Å². The molecule has 1 heterocycles. The molecule has 0 radical (unpaired) electrons. The highest BCUT2D eigenvalue weighted by atomic mass is 32.2. The molecule has 7 heteroatoms. The van der Waals surface area contributed by atoms with Gasteiger partial charge in [0.05, 0.1) is 4.90 Å². The van der Waals surface area contributed by atoms with Gasteiger partial charge in [0.25, 0.3) is 10.0 Å². The lowest BCUT2D eigenvalue weighted by atomic mass is 10.3. The van der Waals surface area contributed by atoms with Gasteiger partial charge in [-0.25, -0.2) is 13.4 Å². The minimum atomic E-state index is -3.60. The van der Waals surface area contributed by atoms with Crippen molar-refractivity contribution in [3.8, 4) is 5.75 Å². The highest BCUT2D eigenvalue weighted by Gasteiger charge is 2.21. The van der Waals surface area contributed by atoms with Crippen LogP contribution in [0.5, 0.6) is 5.75 Å². The van der Waals surface area contributed by atoms with E-state index in [9.17, 15) is 13.5 Å². The second-order valence-corrected chi connectivity index (χ2v) is 6.04. The number of benzene rings is 1. The first-order valence-corrected chi connectivity index (χ1v) is 7.21. The number of hydrogen-bond donors (Lipinski definition) is 2. The second-order valence-electron chi connectivity index (χ2n) is 4.38. The van der Waals surface area contributed by atoms with Crippen molar-refractivity contribution in [3.63, 3.8) is 0 Å². The average Bonchev–Trinajstić information content (AvgIpc) is 2.32. The average molecular weight is 271 g/mol. The molecule has 0 spiro atoms. The molecule has 0 bridgehead atoms. The maximum Gasteiger partial charge on any atom is 0.253 e. The largest absolute Gasteiger partial charge is 0.508 e. The van der Waals surface area contributed by atoms with Crippen LogP contribution in [0.3, 0.4) is 0 Å². The smallest absolute Gasteiger partial charge is 0.253 e. The Labute approximate surface area is 107 Å². The number of aromatic hydroxyl groups is 1. The Hall–Kier alpha value is -1.15. The zero-order chi connectivity index (χ0) is 13.2. The maximum atomic E-state index is 12.1. The number of rotatable bonds is 3. The molecule has 2 N–H and O–H groups in total. The highest BCUT2D eigenvalue weighted by Crippen LogP contribution is 2.16. The van der Waals surface area contributed by atoms with Crippen molar-refractivity contribution in [2.24, 2.45) is 0 Å². The van der Waals surface area contributed by atoms with Crippen LogP contribution in [0.15, 0.2) is 29.2 Å². The summed E-state index contributed by atoms with van der Waals surface area (Å²) in [7, 11) is -1.60. The maximum absolute atomic E-state index is 12.1. The van der Waals surface area contributed by atoms with Crippen molar-refractivity contribution >= 4 is 10.0 Å². The van der Waals surface area contributed by atoms with E-state index < -0.39 is 10.0 Å². The van der Waals surface area contributed by atoms with Crippen LogP contribution >= 0.6 is 0 Å². The Kier molecular flexibility index (Phi) is 3.86. The molecular formula is C11H17N3O3S. The molecule has 1 saturated heterocycles. The highest BCUT2D eigenvalue weighted by molar-refractivity contribution is 7.89. The summed E-state index contributed by atoms with van der Waals surface area (Å²) in [6, 6.07) is 5.64. The van der Waals surface area contributed by atoms with Gasteiger partial charge in [-0.1, -0.05) is 6.07 Å². The number of phenolic OH excluding ortho intramolecular Hbond substituents is 1. The van der Waals surface area contributed by atoms with Gasteiger partial charge in [-0.15, -0.1) is 4.83 Å². The zero-order valence-corrected chi connectivity index (χ0v) is 11.0. The minimum absolute atomic E-state index is 0.0590. The molecule has 18 heavy (non-hydrogen) atoms. The fraction of sp³-hybridized carbons (Fsp3) is 0.455. The van der Waals surface area contributed by atoms with Gasteiger partial charge in [0, 0.05) is 26.2 Å². The standard InChI is InChI=1S/C11H17N3O3S/c1-13-5-7-14(8-6-13)12-18(16,17)11-4-2-3-10(15)9-11/h2-4,9,12,15H,5-8H2,1H3. The molecule has 0 unspecified atom stereocenters. The van der Waals surface area contributed by atoms with Crippen molar-refractivity contribution in [2.45, 2.75) is 4.90 Å². The van der Waals surface area contributed by atoms with Gasteiger partial charge in [0.2, 0.25) is 0 Å². The summed E-state index contributed by atoms with van der Waals surface area (Å²) in [5, 5.41) is 11.0. The summed E-state index contributed by atoms with van der Waals surface area (Å²) in [5.41, 5.74) is 0. The number of sulfonamides is 1. The normalized spacial score (nSPS) is 18.9. The summed E-state index contributed by atoms with van der Waals surface area (Å²) in [6.07, 6.45) is 0. The molecule has 1 fully saturated rings. The van der Waals surface area contributed by atoms with Crippen LogP contribution in [0.25, 0.3) is 0 Å². The lowest BCUT2D eigenvalue weighted by Crippen LogP contribution is -2.52. The van der Waals surface area contributed by atoms with E-state index in [0.717, 1.165) is 13.1 Å². The zero-order valence-electron chi connectivity index (χ0n) is 10.2. The Morgan fingerprint density at radius 3 is 2.50 bits per heavy atom. The van der Waals surface area contributed by atoms with Gasteiger partial charge in [-0.2, -0.15) is 0 Å². The molecule has 100 valence electrons. The minimum Gasteiger partial charge on any atom is -0.508 e. The van der Waals surface area contributed by atoms with Crippen LogP contribution in [0.2, 0.25) is 0 Å². The molecule has 0 saturated carbocycles. The van der Waals surface area contributed by atoms with Crippen LogP contribution in [-0.2, 0) is 10.0 Å². The molecule has 6 nitrogen and oxygen atoms in total. The van der Waals surface area contributed by atoms with Gasteiger partial charge < -0.3 is 10.0 Å². The van der Waals surface area contributed by atoms with Crippen LogP contribution in [0, 0.1) is 0 Å². The molecule has 0 aliphatic carbocycles. The predicted molar refractivity (Wildman–Crippen MR) is 67.5 cm³/mol. The first-order valence-electron chi connectivity index (χ1n) is 5.72. The molecule has 1 aromatic rings. The summed E-state index contributed by atoms with van der Waals surface area (Å²) < 4.78 is 24.1. The third-order valence-corrected chi connectivity index (χ3v) is 4.25. The molecule has 1 aliphatic rings. The Balaban J connectivity index is 2.08. The number of hydrazine groups is 1. The first kappa shape index (κ1) is 13.3. The number of piperazine rings is 1. The van der Waals surface area contributed by atoms with Crippen molar-refractivity contribution in [1.29, 1.82) is 0 Å². The van der Waals surface area contributed by atoms with E-state index in [2.05, 4.69) is 9.73 Å². The van der Waals surface area contributed by atoms with E-state index in [1.807, 2.05) is 7.05 Å². The monoisotopic (exact) mass is 271 g/mol. The van der Waals surface area contributed by atoms with E-state index in [4.69, 9.17) is 0 Å². The number of nitrogens with zero attached hydrogens (tertiary/aromatic N) is 2. The third-order valence-electron chi connectivity index (χ3n) is 2.88. The Morgan fingerprint density at radius 1 is 1.22 bits per heavy atom. The van der Waals surface area contributed by atoms with E-state index in [1.54, 1.807) is 5.01 Å². The lowest BCUT2D eigenvalue weighted by molar-refractivity contribution is 0.135. The predicted octanol–water partition coefficient (Wildman–Crippen LogP) is -0.167. The van der Waals surface area contributed by atoms with Crippen LogP contribution in [0.4, 0.5) is 0 Å². The van der Waals surface area contributed by atoms with E-state index in [1.165, 1.54) is 24.3 Å². The molecule has 1 aliphatic heterocycles. The van der Waals surface area contributed by atoms with Crippen molar-refractivity contribution < 1.29 is 13.5 Å². The molecule has 0 atom stereocenters. The molecule has 0 amide bonds. The van der Waals surface area contributed by atoms with Crippen LogP contribution < -0.4 is 4.83 Å². The molecule has 0 aromatic heterocycles.